The van der Waals surface area contributed by atoms with Gasteiger partial charge in [-0.05, 0) is 26.8 Å². The maximum absolute atomic E-state index is 5.91. The second-order valence-corrected chi connectivity index (χ2v) is 4.70. The van der Waals surface area contributed by atoms with Crippen LogP contribution >= 0.6 is 0 Å². The highest BCUT2D eigenvalue weighted by Crippen LogP contribution is 2.31. The molecule has 0 fully saturated rings. The summed E-state index contributed by atoms with van der Waals surface area (Å²) in [6.07, 6.45) is 3.66. The summed E-state index contributed by atoms with van der Waals surface area (Å²) in [6, 6.07) is 7.99. The van der Waals surface area contributed by atoms with E-state index in [1.807, 2.05) is 51.2 Å². The lowest BCUT2D eigenvalue weighted by Crippen LogP contribution is -2.23. The molecule has 1 aromatic carbocycles. The summed E-state index contributed by atoms with van der Waals surface area (Å²) >= 11 is 0. The van der Waals surface area contributed by atoms with Gasteiger partial charge in [-0.1, -0.05) is 18.2 Å². The number of hydrogen-bond donors (Lipinski definition) is 1. The molecule has 1 N–H and O–H groups in total. The van der Waals surface area contributed by atoms with Crippen LogP contribution in [0.4, 0.5) is 0 Å². The first-order chi connectivity index (χ1) is 7.56. The molecule has 0 unspecified atom stereocenters. The lowest BCUT2D eigenvalue weighted by Gasteiger charge is -2.22. The van der Waals surface area contributed by atoms with E-state index in [1.54, 1.807) is 6.20 Å². The van der Waals surface area contributed by atoms with Crippen LogP contribution in [0, 0.1) is 0 Å². The number of benzene rings is 1. The van der Waals surface area contributed by atoms with Crippen LogP contribution in [-0.2, 0) is 0 Å². The molecule has 1 heterocycles. The second kappa shape index (κ2) is 4.00. The van der Waals surface area contributed by atoms with Crippen molar-refractivity contribution in [2.45, 2.75) is 26.4 Å². The number of para-hydroxylation sites is 1. The fourth-order valence-electron chi connectivity index (χ4n) is 1.52. The fraction of sp³-hybridized carbons (Fsp3) is 0.308. The predicted molar refractivity (Wildman–Crippen MR) is 64.4 cm³/mol. The van der Waals surface area contributed by atoms with Gasteiger partial charge in [0, 0.05) is 17.3 Å². The number of aromatic amines is 1. The first-order valence-corrected chi connectivity index (χ1v) is 5.33. The predicted octanol–water partition coefficient (Wildman–Crippen LogP) is 3.25. The van der Waals surface area contributed by atoms with E-state index in [2.05, 4.69) is 10.2 Å². The molecular weight excluding hydrogens is 200 g/mol. The van der Waals surface area contributed by atoms with Crippen molar-refractivity contribution >= 4 is 0 Å². The monoisotopic (exact) mass is 216 g/mol. The van der Waals surface area contributed by atoms with Crippen molar-refractivity contribution in [2.24, 2.45) is 0 Å². The molecular formula is C13H16N2O. The molecule has 0 saturated heterocycles. The molecule has 2 rings (SSSR count). The Kier molecular flexibility index (Phi) is 2.69. The van der Waals surface area contributed by atoms with E-state index in [0.717, 1.165) is 16.9 Å². The Bertz CT molecular complexity index is 455. The molecule has 1 aromatic heterocycles. The lowest BCUT2D eigenvalue weighted by molar-refractivity contribution is 0.132. The van der Waals surface area contributed by atoms with Gasteiger partial charge in [0.05, 0.1) is 6.20 Å². The Labute approximate surface area is 95.5 Å². The molecule has 0 aliphatic carbocycles. The van der Waals surface area contributed by atoms with Crippen LogP contribution < -0.4 is 4.74 Å². The van der Waals surface area contributed by atoms with Crippen molar-refractivity contribution in [3.8, 4) is 16.9 Å². The maximum Gasteiger partial charge on any atom is 0.128 e. The van der Waals surface area contributed by atoms with Gasteiger partial charge in [-0.25, -0.2) is 0 Å². The molecule has 0 bridgehead atoms. The van der Waals surface area contributed by atoms with Gasteiger partial charge >= 0.3 is 0 Å². The highest BCUT2D eigenvalue weighted by atomic mass is 16.5. The number of nitrogens with zero attached hydrogens (tertiary/aromatic N) is 1. The third kappa shape index (κ3) is 2.42. The zero-order chi connectivity index (χ0) is 11.6. The average molecular weight is 216 g/mol. The van der Waals surface area contributed by atoms with E-state index in [1.165, 1.54) is 0 Å². The van der Waals surface area contributed by atoms with Crippen molar-refractivity contribution < 1.29 is 4.74 Å². The van der Waals surface area contributed by atoms with Crippen LogP contribution in [0.25, 0.3) is 11.1 Å². The van der Waals surface area contributed by atoms with E-state index in [0.29, 0.717) is 0 Å². The van der Waals surface area contributed by atoms with Crippen LogP contribution in [0.15, 0.2) is 36.7 Å². The quantitative estimate of drug-likeness (QED) is 0.836. The molecule has 84 valence electrons. The number of H-pyrrole nitrogens is 1. The van der Waals surface area contributed by atoms with Crippen LogP contribution in [0.5, 0.6) is 5.75 Å². The third-order valence-electron chi connectivity index (χ3n) is 2.11. The highest BCUT2D eigenvalue weighted by Gasteiger charge is 2.15. The molecule has 0 spiro atoms. The molecule has 0 radical (unpaired) electrons. The normalized spacial score (nSPS) is 11.4. The Hall–Kier alpha value is -1.77. The van der Waals surface area contributed by atoms with Gasteiger partial charge < -0.3 is 4.74 Å². The minimum absolute atomic E-state index is 0.195. The van der Waals surface area contributed by atoms with E-state index >= 15 is 0 Å². The highest BCUT2D eigenvalue weighted by molar-refractivity contribution is 5.69. The molecule has 3 heteroatoms. The SMILES string of the molecule is CC(C)(C)Oc1ccccc1-c1cn[nH]c1. The molecule has 3 nitrogen and oxygen atoms in total. The van der Waals surface area contributed by atoms with Gasteiger partial charge in [0.1, 0.15) is 11.4 Å². The number of rotatable bonds is 2. The Morgan fingerprint density at radius 3 is 2.56 bits per heavy atom. The van der Waals surface area contributed by atoms with Crippen LogP contribution in [0.3, 0.4) is 0 Å². The number of nitrogens with one attached hydrogen (secondary N) is 1. The largest absolute Gasteiger partial charge is 0.488 e. The van der Waals surface area contributed by atoms with Gasteiger partial charge in [-0.2, -0.15) is 5.10 Å². The first kappa shape index (κ1) is 10.7. The van der Waals surface area contributed by atoms with E-state index < -0.39 is 0 Å². The fourth-order valence-corrected chi connectivity index (χ4v) is 1.52. The summed E-state index contributed by atoms with van der Waals surface area (Å²) in [5.74, 6) is 0.886. The minimum atomic E-state index is -0.195. The van der Waals surface area contributed by atoms with Crippen molar-refractivity contribution in [1.29, 1.82) is 0 Å². The third-order valence-corrected chi connectivity index (χ3v) is 2.11. The van der Waals surface area contributed by atoms with Crippen molar-refractivity contribution in [3.05, 3.63) is 36.7 Å². The van der Waals surface area contributed by atoms with E-state index in [-0.39, 0.29) is 5.60 Å². The molecule has 2 aromatic rings. The maximum atomic E-state index is 5.91. The summed E-state index contributed by atoms with van der Waals surface area (Å²) in [6.45, 7) is 6.12. The zero-order valence-corrected chi connectivity index (χ0v) is 9.82. The van der Waals surface area contributed by atoms with Crippen molar-refractivity contribution in [2.75, 3.05) is 0 Å². The van der Waals surface area contributed by atoms with Gasteiger partial charge in [-0.3, -0.25) is 5.10 Å². The summed E-state index contributed by atoms with van der Waals surface area (Å²) in [4.78, 5) is 0. The zero-order valence-electron chi connectivity index (χ0n) is 9.82. The molecule has 0 aliphatic heterocycles. The number of ether oxygens (including phenoxy) is 1. The molecule has 0 saturated carbocycles. The van der Waals surface area contributed by atoms with Crippen LogP contribution in [0.2, 0.25) is 0 Å². The van der Waals surface area contributed by atoms with Gasteiger partial charge in [0.2, 0.25) is 0 Å². The summed E-state index contributed by atoms with van der Waals surface area (Å²) in [5, 5.41) is 6.77. The smallest absolute Gasteiger partial charge is 0.128 e. The van der Waals surface area contributed by atoms with Crippen LogP contribution in [0.1, 0.15) is 20.8 Å². The topological polar surface area (TPSA) is 37.9 Å². The Balaban J connectivity index is 2.39. The number of aromatic nitrogens is 2. The lowest BCUT2D eigenvalue weighted by atomic mass is 10.1. The number of hydrogen-bond acceptors (Lipinski definition) is 2. The van der Waals surface area contributed by atoms with E-state index in [4.69, 9.17) is 4.74 Å². The first-order valence-electron chi connectivity index (χ1n) is 5.33. The Morgan fingerprint density at radius 2 is 1.94 bits per heavy atom. The Morgan fingerprint density at radius 1 is 1.19 bits per heavy atom. The van der Waals surface area contributed by atoms with Gasteiger partial charge in [0.15, 0.2) is 0 Å². The standard InChI is InChI=1S/C13H16N2O/c1-13(2,3)16-12-7-5-4-6-11(12)10-8-14-15-9-10/h4-9H,1-3H3,(H,14,15). The van der Waals surface area contributed by atoms with Gasteiger partial charge in [-0.15, -0.1) is 0 Å². The van der Waals surface area contributed by atoms with Gasteiger partial charge in [0.25, 0.3) is 0 Å². The summed E-state index contributed by atoms with van der Waals surface area (Å²) < 4.78 is 5.91. The second-order valence-electron chi connectivity index (χ2n) is 4.70. The minimum Gasteiger partial charge on any atom is -0.488 e. The van der Waals surface area contributed by atoms with Crippen molar-refractivity contribution in [1.82, 2.24) is 10.2 Å². The average Bonchev–Trinajstić information content (AvgIpc) is 2.69. The van der Waals surface area contributed by atoms with Crippen molar-refractivity contribution in [3.63, 3.8) is 0 Å². The molecule has 0 aliphatic rings. The molecule has 0 amide bonds. The summed E-state index contributed by atoms with van der Waals surface area (Å²) in [5.41, 5.74) is 1.91. The van der Waals surface area contributed by atoms with E-state index in [9.17, 15) is 0 Å². The molecule has 16 heavy (non-hydrogen) atoms. The van der Waals surface area contributed by atoms with Crippen LogP contribution in [-0.4, -0.2) is 15.8 Å². The molecule has 0 atom stereocenters. The summed E-state index contributed by atoms with van der Waals surface area (Å²) in [7, 11) is 0.